The number of hydrogen-bond donors (Lipinski definition) is 1. The zero-order chi connectivity index (χ0) is 24.2. The molecular formula is C26H35N5O4. The molecule has 1 aromatic carbocycles. The summed E-state index contributed by atoms with van der Waals surface area (Å²) in [7, 11) is 1.64. The number of ether oxygens (including phenoxy) is 2. The molecule has 1 atom stereocenters. The third-order valence-corrected chi connectivity index (χ3v) is 7.64. The number of amides is 2. The van der Waals surface area contributed by atoms with E-state index in [1.807, 2.05) is 24.3 Å². The van der Waals surface area contributed by atoms with Crippen LogP contribution in [0.3, 0.4) is 0 Å². The van der Waals surface area contributed by atoms with Crippen LogP contribution in [0.5, 0.6) is 5.75 Å². The van der Waals surface area contributed by atoms with Gasteiger partial charge in [0.05, 0.1) is 26.0 Å². The van der Waals surface area contributed by atoms with Crippen LogP contribution in [0.1, 0.15) is 79.2 Å². The Hall–Kier alpha value is -2.94. The lowest BCUT2D eigenvalue weighted by molar-refractivity contribution is -0.127. The second-order valence-electron chi connectivity index (χ2n) is 9.90. The van der Waals surface area contributed by atoms with Gasteiger partial charge < -0.3 is 19.7 Å². The number of aromatic nitrogens is 3. The Morgan fingerprint density at radius 1 is 1.03 bits per heavy atom. The first-order valence-corrected chi connectivity index (χ1v) is 12.9. The molecule has 35 heavy (non-hydrogen) atoms. The topological polar surface area (TPSA) is 98.6 Å². The molecule has 2 aromatic rings. The predicted octanol–water partition coefficient (Wildman–Crippen LogP) is 3.25. The first-order valence-electron chi connectivity index (χ1n) is 12.9. The fraction of sp³-hybridized carbons (Fsp3) is 0.615. The molecule has 1 N–H and O–H groups in total. The summed E-state index contributed by atoms with van der Waals surface area (Å²) < 4.78 is 13.1. The maximum Gasteiger partial charge on any atom is 0.276 e. The average molecular weight is 482 g/mol. The second-order valence-corrected chi connectivity index (χ2v) is 9.90. The maximum atomic E-state index is 13.2. The van der Waals surface area contributed by atoms with Crippen LogP contribution in [0.15, 0.2) is 24.3 Å². The van der Waals surface area contributed by atoms with Crippen LogP contribution in [-0.4, -0.2) is 57.9 Å². The van der Waals surface area contributed by atoms with E-state index < -0.39 is 0 Å². The summed E-state index contributed by atoms with van der Waals surface area (Å²) >= 11 is 0. The van der Waals surface area contributed by atoms with Crippen LogP contribution >= 0.6 is 0 Å². The van der Waals surface area contributed by atoms with Gasteiger partial charge in [0.15, 0.2) is 5.69 Å². The van der Waals surface area contributed by atoms with E-state index in [0.717, 1.165) is 24.2 Å². The summed E-state index contributed by atoms with van der Waals surface area (Å²) in [4.78, 5) is 27.8. The Kier molecular flexibility index (Phi) is 7.32. The Bertz CT molecular complexity index is 1020. The number of nitrogens with one attached hydrogen (secondary N) is 1. The molecule has 0 unspecified atom stereocenters. The fourth-order valence-corrected chi connectivity index (χ4v) is 5.44. The van der Waals surface area contributed by atoms with Crippen molar-refractivity contribution in [3.8, 4) is 5.75 Å². The third-order valence-electron chi connectivity index (χ3n) is 7.64. The van der Waals surface area contributed by atoms with Gasteiger partial charge in [-0.2, -0.15) is 0 Å². The van der Waals surface area contributed by atoms with Gasteiger partial charge in [0.25, 0.3) is 5.91 Å². The number of likely N-dealkylation sites (tertiary alicyclic amines) is 1. The number of fused-ring (bicyclic) bond motifs is 1. The van der Waals surface area contributed by atoms with Crippen molar-refractivity contribution in [3.05, 3.63) is 41.2 Å². The second kappa shape index (κ2) is 10.8. The molecule has 2 amide bonds. The van der Waals surface area contributed by atoms with Gasteiger partial charge in [0.2, 0.25) is 5.91 Å². The summed E-state index contributed by atoms with van der Waals surface area (Å²) in [6.45, 7) is 1.91. The monoisotopic (exact) mass is 481 g/mol. The molecular weight excluding hydrogens is 446 g/mol. The number of nitrogens with zero attached hydrogens (tertiary/aromatic N) is 4. The first kappa shape index (κ1) is 23.8. The number of carbonyl (C=O) groups is 2. The molecule has 1 saturated heterocycles. The SMILES string of the molecule is COc1ccc([C@@H]2Cn3nnc(C(=O)N4CCC(C(=O)NC5CCCCCC5)CC4)c3CO2)cc1. The van der Waals surface area contributed by atoms with Crippen LogP contribution in [-0.2, 0) is 22.7 Å². The number of rotatable bonds is 5. The van der Waals surface area contributed by atoms with Gasteiger partial charge in [0, 0.05) is 25.0 Å². The molecule has 9 heteroatoms. The smallest absolute Gasteiger partial charge is 0.276 e. The van der Waals surface area contributed by atoms with Crippen molar-refractivity contribution in [1.29, 1.82) is 0 Å². The zero-order valence-electron chi connectivity index (χ0n) is 20.4. The molecule has 1 aromatic heterocycles. The van der Waals surface area contributed by atoms with Gasteiger partial charge in [-0.05, 0) is 43.4 Å². The van der Waals surface area contributed by atoms with Gasteiger partial charge in [-0.25, -0.2) is 4.68 Å². The molecule has 1 saturated carbocycles. The normalized spacial score (nSPS) is 21.7. The maximum absolute atomic E-state index is 13.2. The summed E-state index contributed by atoms with van der Waals surface area (Å²) in [5.74, 6) is 0.804. The number of methoxy groups -OCH3 is 1. The molecule has 188 valence electrons. The molecule has 3 aliphatic rings. The average Bonchev–Trinajstić information content (AvgIpc) is 3.16. The van der Waals surface area contributed by atoms with Crippen LogP contribution in [0.2, 0.25) is 0 Å². The number of piperidine rings is 1. The standard InChI is InChI=1S/C26H35N5O4/c1-34-21-10-8-18(9-11-21)23-16-31-22(17-35-23)24(28-29-31)26(33)30-14-12-19(13-15-30)25(32)27-20-6-4-2-3-5-7-20/h8-11,19-20,23H,2-7,12-17H2,1H3,(H,27,32)/t23-/m0/s1. The molecule has 5 rings (SSSR count). The Balaban J connectivity index is 1.15. The Morgan fingerprint density at radius 3 is 2.43 bits per heavy atom. The van der Waals surface area contributed by atoms with Crippen molar-refractivity contribution in [3.63, 3.8) is 0 Å². The van der Waals surface area contributed by atoms with Gasteiger partial charge in [-0.3, -0.25) is 9.59 Å². The van der Waals surface area contributed by atoms with Crippen LogP contribution in [0.4, 0.5) is 0 Å². The molecule has 0 spiro atoms. The summed E-state index contributed by atoms with van der Waals surface area (Å²) in [6, 6.07) is 8.09. The molecule has 1 aliphatic carbocycles. The minimum absolute atomic E-state index is 0.0232. The molecule has 3 heterocycles. The third kappa shape index (κ3) is 5.34. The van der Waals surface area contributed by atoms with E-state index in [9.17, 15) is 9.59 Å². The van der Waals surface area contributed by atoms with E-state index >= 15 is 0 Å². The van der Waals surface area contributed by atoms with Crippen molar-refractivity contribution in [2.45, 2.75) is 76.7 Å². The lowest BCUT2D eigenvalue weighted by atomic mass is 9.94. The molecule has 0 radical (unpaired) electrons. The fourth-order valence-electron chi connectivity index (χ4n) is 5.44. The highest BCUT2D eigenvalue weighted by atomic mass is 16.5. The predicted molar refractivity (Wildman–Crippen MR) is 129 cm³/mol. The van der Waals surface area contributed by atoms with E-state index in [1.165, 1.54) is 25.7 Å². The molecule has 9 nitrogen and oxygen atoms in total. The zero-order valence-corrected chi connectivity index (χ0v) is 20.4. The molecule has 0 bridgehead atoms. The highest BCUT2D eigenvalue weighted by Gasteiger charge is 2.33. The van der Waals surface area contributed by atoms with Crippen molar-refractivity contribution in [1.82, 2.24) is 25.2 Å². The van der Waals surface area contributed by atoms with Gasteiger partial charge in [0.1, 0.15) is 11.9 Å². The van der Waals surface area contributed by atoms with E-state index in [2.05, 4.69) is 15.6 Å². The summed E-state index contributed by atoms with van der Waals surface area (Å²) in [6.07, 6.45) is 8.33. The largest absolute Gasteiger partial charge is 0.497 e. The van der Waals surface area contributed by atoms with E-state index in [4.69, 9.17) is 9.47 Å². The van der Waals surface area contributed by atoms with Crippen LogP contribution in [0.25, 0.3) is 0 Å². The lowest BCUT2D eigenvalue weighted by Gasteiger charge is -2.32. The van der Waals surface area contributed by atoms with Crippen molar-refractivity contribution in [2.24, 2.45) is 5.92 Å². The Morgan fingerprint density at radius 2 is 1.74 bits per heavy atom. The van der Waals surface area contributed by atoms with Gasteiger partial charge in [-0.15, -0.1) is 5.10 Å². The van der Waals surface area contributed by atoms with Crippen molar-refractivity contribution >= 4 is 11.8 Å². The highest BCUT2D eigenvalue weighted by molar-refractivity contribution is 5.93. The van der Waals surface area contributed by atoms with Crippen molar-refractivity contribution in [2.75, 3.05) is 20.2 Å². The van der Waals surface area contributed by atoms with E-state index in [0.29, 0.717) is 49.9 Å². The Labute approximate surface area is 206 Å². The molecule has 2 fully saturated rings. The molecule has 2 aliphatic heterocycles. The van der Waals surface area contributed by atoms with Gasteiger partial charge in [-0.1, -0.05) is 43.0 Å². The minimum Gasteiger partial charge on any atom is -0.497 e. The van der Waals surface area contributed by atoms with Crippen LogP contribution in [0, 0.1) is 5.92 Å². The summed E-state index contributed by atoms with van der Waals surface area (Å²) in [5.41, 5.74) is 2.11. The van der Waals surface area contributed by atoms with Gasteiger partial charge >= 0.3 is 0 Å². The lowest BCUT2D eigenvalue weighted by Crippen LogP contribution is -2.45. The first-order chi connectivity index (χ1) is 17.1. The number of carbonyl (C=O) groups excluding carboxylic acids is 2. The van der Waals surface area contributed by atoms with Crippen LogP contribution < -0.4 is 10.1 Å². The number of benzene rings is 1. The summed E-state index contributed by atoms with van der Waals surface area (Å²) in [5, 5.41) is 11.7. The van der Waals surface area contributed by atoms with Crippen molar-refractivity contribution < 1.29 is 19.1 Å². The van der Waals surface area contributed by atoms with E-state index in [-0.39, 0.29) is 30.4 Å². The highest BCUT2D eigenvalue weighted by Crippen LogP contribution is 2.29. The van der Waals surface area contributed by atoms with E-state index in [1.54, 1.807) is 16.7 Å². The quantitative estimate of drug-likeness (QED) is 0.659. The number of hydrogen-bond acceptors (Lipinski definition) is 6. The minimum atomic E-state index is -0.152.